The van der Waals surface area contributed by atoms with E-state index in [1.165, 1.54) is 25.3 Å². The number of ether oxygens (including phenoxy) is 1. The molecule has 0 aromatic heterocycles. The second-order valence-electron chi connectivity index (χ2n) is 3.00. The highest BCUT2D eigenvalue weighted by atomic mass is 19.1. The van der Waals surface area contributed by atoms with Gasteiger partial charge >= 0.3 is 0 Å². The summed E-state index contributed by atoms with van der Waals surface area (Å²) < 4.78 is 17.7. The second kappa shape index (κ2) is 4.19. The summed E-state index contributed by atoms with van der Waals surface area (Å²) in [5, 5.41) is 0. The highest BCUT2D eigenvalue weighted by Gasteiger charge is 2.13. The number of methoxy groups -OCH3 is 1. The summed E-state index contributed by atoms with van der Waals surface area (Å²) >= 11 is 0. The van der Waals surface area contributed by atoms with Crippen LogP contribution in [0.4, 0.5) is 4.39 Å². The summed E-state index contributed by atoms with van der Waals surface area (Å²) in [6.45, 7) is 1.58. The Morgan fingerprint density at radius 3 is 2.71 bits per heavy atom. The number of ketones is 1. The molecule has 76 valence electrons. The molecule has 1 aromatic carbocycles. The molecule has 0 amide bonds. The summed E-state index contributed by atoms with van der Waals surface area (Å²) in [6.07, 6.45) is 0. The normalized spacial score (nSPS) is 12.3. The number of carbonyl (C=O) groups is 1. The minimum atomic E-state index is -0.592. The molecule has 0 radical (unpaired) electrons. The Labute approximate surface area is 81.7 Å². The number of hydrogen-bond acceptors (Lipinski definition) is 3. The van der Waals surface area contributed by atoms with Crippen molar-refractivity contribution in [1.29, 1.82) is 0 Å². The fourth-order valence-corrected chi connectivity index (χ4v) is 1.08. The van der Waals surface area contributed by atoms with Gasteiger partial charge in [0.2, 0.25) is 0 Å². The van der Waals surface area contributed by atoms with Crippen LogP contribution >= 0.6 is 0 Å². The van der Waals surface area contributed by atoms with Crippen LogP contribution < -0.4 is 10.5 Å². The van der Waals surface area contributed by atoms with E-state index in [1.54, 1.807) is 6.92 Å². The van der Waals surface area contributed by atoms with E-state index in [0.29, 0.717) is 5.56 Å². The summed E-state index contributed by atoms with van der Waals surface area (Å²) in [7, 11) is 1.35. The second-order valence-corrected chi connectivity index (χ2v) is 3.00. The summed E-state index contributed by atoms with van der Waals surface area (Å²) in [6, 6.07) is 3.34. The maximum Gasteiger partial charge on any atom is 0.179 e. The molecular formula is C10H12FNO2. The van der Waals surface area contributed by atoms with Crippen LogP contribution in [0, 0.1) is 5.82 Å². The molecular weight excluding hydrogens is 185 g/mol. The zero-order chi connectivity index (χ0) is 10.7. The van der Waals surface area contributed by atoms with E-state index in [1.807, 2.05) is 0 Å². The molecule has 14 heavy (non-hydrogen) atoms. The molecule has 1 atom stereocenters. The summed E-state index contributed by atoms with van der Waals surface area (Å²) in [5.41, 5.74) is 5.77. The van der Waals surface area contributed by atoms with Crippen LogP contribution in [0.2, 0.25) is 0 Å². The third-order valence-corrected chi connectivity index (χ3v) is 1.85. The van der Waals surface area contributed by atoms with E-state index < -0.39 is 11.9 Å². The highest BCUT2D eigenvalue weighted by molar-refractivity contribution is 5.99. The van der Waals surface area contributed by atoms with Crippen LogP contribution in [0.25, 0.3) is 0 Å². The van der Waals surface area contributed by atoms with Gasteiger partial charge in [-0.3, -0.25) is 4.79 Å². The fourth-order valence-electron chi connectivity index (χ4n) is 1.08. The number of halogens is 1. The minimum absolute atomic E-state index is 0.0523. The van der Waals surface area contributed by atoms with Crippen LogP contribution in [-0.2, 0) is 0 Å². The summed E-state index contributed by atoms with van der Waals surface area (Å²) in [5.74, 6) is -0.673. The first kappa shape index (κ1) is 10.7. The average molecular weight is 197 g/mol. The van der Waals surface area contributed by atoms with Crippen molar-refractivity contribution in [3.8, 4) is 5.75 Å². The number of rotatable bonds is 3. The predicted molar refractivity (Wildman–Crippen MR) is 50.9 cm³/mol. The van der Waals surface area contributed by atoms with E-state index in [9.17, 15) is 9.18 Å². The van der Waals surface area contributed by atoms with Gasteiger partial charge in [-0.25, -0.2) is 4.39 Å². The molecule has 0 spiro atoms. The molecule has 3 nitrogen and oxygen atoms in total. The molecule has 4 heteroatoms. The lowest BCUT2D eigenvalue weighted by Crippen LogP contribution is -2.26. The summed E-state index contributed by atoms with van der Waals surface area (Å²) in [4.78, 5) is 11.4. The lowest BCUT2D eigenvalue weighted by Gasteiger charge is -2.06. The fraction of sp³-hybridized carbons (Fsp3) is 0.300. The van der Waals surface area contributed by atoms with Crippen molar-refractivity contribution in [1.82, 2.24) is 0 Å². The zero-order valence-electron chi connectivity index (χ0n) is 8.08. The maximum absolute atomic E-state index is 13.0. The molecule has 0 fully saturated rings. The molecule has 0 saturated carbocycles. The quantitative estimate of drug-likeness (QED) is 0.744. The molecule has 0 heterocycles. The van der Waals surface area contributed by atoms with E-state index in [4.69, 9.17) is 10.5 Å². The van der Waals surface area contributed by atoms with Crippen molar-refractivity contribution in [2.75, 3.05) is 7.11 Å². The first-order valence-corrected chi connectivity index (χ1v) is 4.19. The molecule has 1 aromatic rings. The Kier molecular flexibility index (Phi) is 3.19. The molecule has 0 aliphatic carbocycles. The number of benzene rings is 1. The third kappa shape index (κ3) is 2.09. The molecule has 1 unspecified atom stereocenters. The maximum atomic E-state index is 13.0. The van der Waals surface area contributed by atoms with Gasteiger partial charge in [0.25, 0.3) is 0 Å². The smallest absolute Gasteiger partial charge is 0.179 e. The van der Waals surface area contributed by atoms with Gasteiger partial charge in [0.15, 0.2) is 17.3 Å². The van der Waals surface area contributed by atoms with Crippen molar-refractivity contribution in [2.45, 2.75) is 13.0 Å². The van der Waals surface area contributed by atoms with Gasteiger partial charge in [-0.05, 0) is 25.1 Å². The SMILES string of the molecule is COc1cc(C(=O)C(C)N)ccc1F. The van der Waals surface area contributed by atoms with Crippen LogP contribution in [-0.4, -0.2) is 18.9 Å². The standard InChI is InChI=1S/C10H12FNO2/c1-6(12)10(13)7-3-4-8(11)9(5-7)14-2/h3-6H,12H2,1-2H3. The van der Waals surface area contributed by atoms with Crippen molar-refractivity contribution in [3.63, 3.8) is 0 Å². The Morgan fingerprint density at radius 2 is 2.21 bits per heavy atom. The highest BCUT2D eigenvalue weighted by Crippen LogP contribution is 2.18. The Bertz CT molecular complexity index is 350. The van der Waals surface area contributed by atoms with Crippen molar-refractivity contribution in [2.24, 2.45) is 5.73 Å². The van der Waals surface area contributed by atoms with Crippen LogP contribution in [0.15, 0.2) is 18.2 Å². The number of Topliss-reactive ketones (excluding diaryl/α,β-unsaturated/α-hetero) is 1. The lowest BCUT2D eigenvalue weighted by atomic mass is 10.1. The number of carbonyl (C=O) groups excluding carboxylic acids is 1. The van der Waals surface area contributed by atoms with E-state index in [-0.39, 0.29) is 11.5 Å². The van der Waals surface area contributed by atoms with Gasteiger partial charge in [-0.1, -0.05) is 0 Å². The molecule has 0 aliphatic rings. The van der Waals surface area contributed by atoms with Crippen LogP contribution in [0.3, 0.4) is 0 Å². The lowest BCUT2D eigenvalue weighted by molar-refractivity contribution is 0.0967. The molecule has 0 bridgehead atoms. The van der Waals surface area contributed by atoms with Gasteiger partial charge < -0.3 is 10.5 Å². The van der Waals surface area contributed by atoms with E-state index >= 15 is 0 Å². The molecule has 2 N–H and O–H groups in total. The monoisotopic (exact) mass is 197 g/mol. The zero-order valence-corrected chi connectivity index (χ0v) is 8.08. The topological polar surface area (TPSA) is 52.3 Å². The van der Waals surface area contributed by atoms with Gasteiger partial charge in [0.1, 0.15) is 0 Å². The minimum Gasteiger partial charge on any atom is -0.494 e. The average Bonchev–Trinajstić information content (AvgIpc) is 2.17. The van der Waals surface area contributed by atoms with Crippen molar-refractivity contribution in [3.05, 3.63) is 29.6 Å². The van der Waals surface area contributed by atoms with Crippen LogP contribution in [0.1, 0.15) is 17.3 Å². The van der Waals surface area contributed by atoms with Gasteiger partial charge in [0.05, 0.1) is 13.2 Å². The Balaban J connectivity index is 3.06. The molecule has 0 aliphatic heterocycles. The number of hydrogen-bond donors (Lipinski definition) is 1. The van der Waals surface area contributed by atoms with E-state index in [0.717, 1.165) is 0 Å². The largest absolute Gasteiger partial charge is 0.494 e. The Morgan fingerprint density at radius 1 is 1.57 bits per heavy atom. The first-order valence-electron chi connectivity index (χ1n) is 4.19. The van der Waals surface area contributed by atoms with Crippen molar-refractivity contribution >= 4 is 5.78 Å². The van der Waals surface area contributed by atoms with Gasteiger partial charge in [0, 0.05) is 5.56 Å². The third-order valence-electron chi connectivity index (χ3n) is 1.85. The van der Waals surface area contributed by atoms with Gasteiger partial charge in [-0.2, -0.15) is 0 Å². The van der Waals surface area contributed by atoms with Crippen LogP contribution in [0.5, 0.6) is 5.75 Å². The van der Waals surface area contributed by atoms with Crippen molar-refractivity contribution < 1.29 is 13.9 Å². The number of nitrogens with two attached hydrogens (primary N) is 1. The van der Waals surface area contributed by atoms with E-state index in [2.05, 4.69) is 0 Å². The molecule has 0 saturated heterocycles. The Hall–Kier alpha value is -1.42. The molecule has 1 rings (SSSR count). The van der Waals surface area contributed by atoms with Gasteiger partial charge in [-0.15, -0.1) is 0 Å². The predicted octanol–water partition coefficient (Wildman–Crippen LogP) is 1.36. The first-order chi connectivity index (χ1) is 6.56.